The molecule has 0 spiro atoms. The van der Waals surface area contributed by atoms with E-state index in [9.17, 15) is 0 Å². The van der Waals surface area contributed by atoms with Gasteiger partial charge in [0.25, 0.3) is 0 Å². The highest BCUT2D eigenvalue weighted by molar-refractivity contribution is 5.42. The number of rotatable bonds is 9. The van der Waals surface area contributed by atoms with E-state index in [0.29, 0.717) is 12.5 Å². The minimum Gasteiger partial charge on any atom is -0.493 e. The van der Waals surface area contributed by atoms with Crippen molar-refractivity contribution >= 4 is 17.8 Å². The van der Waals surface area contributed by atoms with Crippen LogP contribution >= 0.6 is 0 Å². The van der Waals surface area contributed by atoms with Crippen LogP contribution in [0, 0.1) is 6.92 Å². The molecule has 0 saturated carbocycles. The van der Waals surface area contributed by atoms with Gasteiger partial charge >= 0.3 is 0 Å². The number of nitrogens with zero attached hydrogens (tertiary/aromatic N) is 3. The Morgan fingerprint density at radius 1 is 1.04 bits per heavy atom. The second-order valence-electron chi connectivity index (χ2n) is 5.75. The minimum atomic E-state index is 0.0984. The van der Waals surface area contributed by atoms with Crippen LogP contribution < -0.4 is 21.5 Å². The van der Waals surface area contributed by atoms with Gasteiger partial charge in [-0.25, -0.2) is 0 Å². The summed E-state index contributed by atoms with van der Waals surface area (Å²) >= 11 is 0. The van der Waals surface area contributed by atoms with Gasteiger partial charge in [0.1, 0.15) is 5.75 Å². The number of anilines is 3. The molecule has 0 fully saturated rings. The Morgan fingerprint density at radius 2 is 1.79 bits per heavy atom. The highest BCUT2D eigenvalue weighted by Gasteiger charge is 2.07. The number of hydrogen-bond acceptors (Lipinski definition) is 7. The van der Waals surface area contributed by atoms with Gasteiger partial charge in [0.15, 0.2) is 0 Å². The molecule has 2 rings (SSSR count). The zero-order valence-corrected chi connectivity index (χ0v) is 14.4. The Bertz CT molecular complexity index is 641. The highest BCUT2D eigenvalue weighted by Crippen LogP contribution is 2.22. The summed E-state index contributed by atoms with van der Waals surface area (Å²) in [5.41, 5.74) is 13.4. The minimum absolute atomic E-state index is 0.0984. The van der Waals surface area contributed by atoms with Crippen LogP contribution in [0.1, 0.15) is 43.7 Å². The number of nitrogens with two attached hydrogens (primary N) is 2. The second kappa shape index (κ2) is 8.90. The molecule has 1 aromatic carbocycles. The van der Waals surface area contributed by atoms with Crippen LogP contribution in [0.25, 0.3) is 0 Å². The average molecular weight is 330 g/mol. The van der Waals surface area contributed by atoms with Gasteiger partial charge in [-0.05, 0) is 25.0 Å². The SMILES string of the molecule is CCCCCCOc1cc(C)ccc1CNc1nc(N)nc(N)n1. The van der Waals surface area contributed by atoms with E-state index in [2.05, 4.69) is 40.2 Å². The number of nitrogens with one attached hydrogen (secondary N) is 1. The fourth-order valence-electron chi connectivity index (χ4n) is 2.32. The molecule has 130 valence electrons. The summed E-state index contributed by atoms with van der Waals surface area (Å²) in [6, 6.07) is 6.14. The van der Waals surface area contributed by atoms with Gasteiger partial charge in [0.2, 0.25) is 17.8 Å². The Balaban J connectivity index is 1.98. The maximum atomic E-state index is 5.96. The fraction of sp³-hybridized carbons (Fsp3) is 0.471. The van der Waals surface area contributed by atoms with Crippen LogP contribution in [0.4, 0.5) is 17.8 Å². The molecule has 0 aliphatic carbocycles. The molecule has 0 saturated heterocycles. The van der Waals surface area contributed by atoms with E-state index >= 15 is 0 Å². The van der Waals surface area contributed by atoms with Gasteiger partial charge in [-0.3, -0.25) is 0 Å². The summed E-state index contributed by atoms with van der Waals surface area (Å²) in [6.45, 7) is 5.50. The molecule has 1 aromatic heterocycles. The number of unbranched alkanes of at least 4 members (excludes halogenated alkanes) is 3. The van der Waals surface area contributed by atoms with Crippen LogP contribution in [-0.2, 0) is 6.54 Å². The molecule has 24 heavy (non-hydrogen) atoms. The lowest BCUT2D eigenvalue weighted by molar-refractivity contribution is 0.302. The van der Waals surface area contributed by atoms with Crippen molar-refractivity contribution in [2.45, 2.75) is 46.1 Å². The highest BCUT2D eigenvalue weighted by atomic mass is 16.5. The third-order valence-electron chi connectivity index (χ3n) is 3.59. The second-order valence-corrected chi connectivity index (χ2v) is 5.75. The number of nitrogen functional groups attached to an aromatic ring is 2. The first-order chi connectivity index (χ1) is 11.6. The molecule has 5 N–H and O–H groups in total. The zero-order valence-electron chi connectivity index (χ0n) is 14.4. The van der Waals surface area contributed by atoms with E-state index < -0.39 is 0 Å². The van der Waals surface area contributed by atoms with Crippen LogP contribution in [-0.4, -0.2) is 21.6 Å². The lowest BCUT2D eigenvalue weighted by Gasteiger charge is -2.13. The van der Waals surface area contributed by atoms with Crippen molar-refractivity contribution in [2.75, 3.05) is 23.4 Å². The van der Waals surface area contributed by atoms with Gasteiger partial charge in [0, 0.05) is 12.1 Å². The van der Waals surface area contributed by atoms with Crippen molar-refractivity contribution in [1.29, 1.82) is 0 Å². The number of benzene rings is 1. The lowest BCUT2D eigenvalue weighted by atomic mass is 10.1. The summed E-state index contributed by atoms with van der Waals surface area (Å²) < 4.78 is 5.96. The van der Waals surface area contributed by atoms with Crippen LogP contribution in [0.15, 0.2) is 18.2 Å². The standard InChI is InChI=1S/C17H26N6O/c1-3-4-5-6-9-24-14-10-12(2)7-8-13(14)11-20-17-22-15(18)21-16(19)23-17/h7-8,10H,3-6,9,11H2,1-2H3,(H5,18,19,20,21,22,23). The fourth-order valence-corrected chi connectivity index (χ4v) is 2.32. The van der Waals surface area contributed by atoms with E-state index in [1.807, 2.05) is 12.1 Å². The van der Waals surface area contributed by atoms with E-state index in [1.165, 1.54) is 19.3 Å². The van der Waals surface area contributed by atoms with E-state index in [0.717, 1.165) is 29.9 Å². The number of aromatic nitrogens is 3. The average Bonchev–Trinajstić information content (AvgIpc) is 2.53. The molecular weight excluding hydrogens is 304 g/mol. The predicted molar refractivity (Wildman–Crippen MR) is 96.8 cm³/mol. The zero-order chi connectivity index (χ0) is 17.4. The first-order valence-electron chi connectivity index (χ1n) is 8.31. The van der Waals surface area contributed by atoms with Crippen molar-refractivity contribution in [1.82, 2.24) is 15.0 Å². The maximum Gasteiger partial charge on any atom is 0.229 e. The van der Waals surface area contributed by atoms with Gasteiger partial charge in [-0.15, -0.1) is 0 Å². The Morgan fingerprint density at radius 3 is 2.50 bits per heavy atom. The predicted octanol–water partition coefficient (Wildman–Crippen LogP) is 2.92. The molecule has 7 nitrogen and oxygen atoms in total. The third kappa shape index (κ3) is 5.57. The Kier molecular flexibility index (Phi) is 6.60. The molecule has 0 amide bonds. The van der Waals surface area contributed by atoms with Crippen LogP contribution in [0.3, 0.4) is 0 Å². The van der Waals surface area contributed by atoms with E-state index in [-0.39, 0.29) is 11.9 Å². The van der Waals surface area contributed by atoms with Crippen molar-refractivity contribution < 1.29 is 4.74 Å². The van der Waals surface area contributed by atoms with E-state index in [1.54, 1.807) is 0 Å². The van der Waals surface area contributed by atoms with Gasteiger partial charge in [0.05, 0.1) is 6.61 Å². The first kappa shape index (κ1) is 17.8. The van der Waals surface area contributed by atoms with Gasteiger partial charge < -0.3 is 21.5 Å². The Labute approximate surface area is 142 Å². The van der Waals surface area contributed by atoms with Crippen LogP contribution in [0.5, 0.6) is 5.75 Å². The van der Waals surface area contributed by atoms with Crippen LogP contribution in [0.2, 0.25) is 0 Å². The number of hydrogen-bond donors (Lipinski definition) is 3. The molecule has 0 radical (unpaired) electrons. The summed E-state index contributed by atoms with van der Waals surface area (Å²) in [7, 11) is 0. The molecule has 2 aromatic rings. The third-order valence-corrected chi connectivity index (χ3v) is 3.59. The summed E-state index contributed by atoms with van der Waals surface area (Å²) in [4.78, 5) is 11.8. The Hall–Kier alpha value is -2.57. The molecule has 0 unspecified atom stereocenters. The molecule has 0 atom stereocenters. The van der Waals surface area contributed by atoms with Crippen molar-refractivity contribution in [3.8, 4) is 5.75 Å². The molecule has 0 aliphatic heterocycles. The molecule has 1 heterocycles. The normalized spacial score (nSPS) is 10.6. The van der Waals surface area contributed by atoms with Crippen molar-refractivity contribution in [3.05, 3.63) is 29.3 Å². The summed E-state index contributed by atoms with van der Waals surface area (Å²) in [5.74, 6) is 1.44. The lowest BCUT2D eigenvalue weighted by Crippen LogP contribution is -2.10. The molecule has 0 aliphatic rings. The molecule has 0 bridgehead atoms. The maximum absolute atomic E-state index is 5.96. The molecule has 7 heteroatoms. The quantitative estimate of drug-likeness (QED) is 0.606. The van der Waals surface area contributed by atoms with Crippen molar-refractivity contribution in [2.24, 2.45) is 0 Å². The number of ether oxygens (including phenoxy) is 1. The summed E-state index contributed by atoms with van der Waals surface area (Å²) in [6.07, 6.45) is 4.72. The summed E-state index contributed by atoms with van der Waals surface area (Å²) in [5, 5.41) is 3.11. The topological polar surface area (TPSA) is 112 Å². The monoisotopic (exact) mass is 330 g/mol. The van der Waals surface area contributed by atoms with E-state index in [4.69, 9.17) is 16.2 Å². The van der Waals surface area contributed by atoms with Crippen molar-refractivity contribution in [3.63, 3.8) is 0 Å². The molecular formula is C17H26N6O. The van der Waals surface area contributed by atoms with Gasteiger partial charge in [-0.2, -0.15) is 15.0 Å². The van der Waals surface area contributed by atoms with Gasteiger partial charge in [-0.1, -0.05) is 38.3 Å². The smallest absolute Gasteiger partial charge is 0.229 e. The largest absolute Gasteiger partial charge is 0.493 e. The first-order valence-corrected chi connectivity index (χ1v) is 8.31. The number of aryl methyl sites for hydroxylation is 1.